The van der Waals surface area contributed by atoms with Gasteiger partial charge in [-0.3, -0.25) is 0 Å². The Balaban J connectivity index is 2.37. The third-order valence-corrected chi connectivity index (χ3v) is 1.47. The van der Waals surface area contributed by atoms with Gasteiger partial charge in [0.1, 0.15) is 5.82 Å². The van der Waals surface area contributed by atoms with Gasteiger partial charge < -0.3 is 16.8 Å². The molecule has 5 N–H and O–H groups in total. The molecular formula is C8H14N4. The molecule has 0 aliphatic carbocycles. The number of pyridine rings is 1. The van der Waals surface area contributed by atoms with Gasteiger partial charge in [-0.05, 0) is 25.1 Å². The molecule has 0 unspecified atom stereocenters. The van der Waals surface area contributed by atoms with E-state index in [1.165, 1.54) is 0 Å². The SMILES string of the molecule is NCCCNc1ccc(N)cn1. The molecule has 0 atom stereocenters. The molecule has 0 saturated heterocycles. The monoisotopic (exact) mass is 166 g/mol. The topological polar surface area (TPSA) is 77.0 Å². The van der Waals surface area contributed by atoms with E-state index in [0.717, 1.165) is 18.8 Å². The summed E-state index contributed by atoms with van der Waals surface area (Å²) in [4.78, 5) is 4.07. The second-order valence-electron chi connectivity index (χ2n) is 2.55. The van der Waals surface area contributed by atoms with Crippen molar-refractivity contribution in [2.45, 2.75) is 6.42 Å². The lowest BCUT2D eigenvalue weighted by molar-refractivity contribution is 0.870. The van der Waals surface area contributed by atoms with Gasteiger partial charge >= 0.3 is 0 Å². The Morgan fingerprint density at radius 1 is 1.42 bits per heavy atom. The lowest BCUT2D eigenvalue weighted by Gasteiger charge is -2.03. The van der Waals surface area contributed by atoms with E-state index in [9.17, 15) is 0 Å². The summed E-state index contributed by atoms with van der Waals surface area (Å²) < 4.78 is 0. The van der Waals surface area contributed by atoms with Crippen LogP contribution in [0, 0.1) is 0 Å². The quantitative estimate of drug-likeness (QED) is 0.567. The summed E-state index contributed by atoms with van der Waals surface area (Å²) in [6.45, 7) is 1.55. The smallest absolute Gasteiger partial charge is 0.126 e. The molecule has 0 aliphatic rings. The highest BCUT2D eigenvalue weighted by Gasteiger charge is 1.90. The average Bonchev–Trinajstić information content (AvgIpc) is 2.09. The molecule has 0 spiro atoms. The number of aromatic nitrogens is 1. The molecule has 0 aromatic carbocycles. The molecule has 1 aromatic heterocycles. The first-order valence-corrected chi connectivity index (χ1v) is 3.98. The molecular weight excluding hydrogens is 152 g/mol. The zero-order valence-corrected chi connectivity index (χ0v) is 6.96. The maximum absolute atomic E-state index is 5.47. The summed E-state index contributed by atoms with van der Waals surface area (Å²) in [6.07, 6.45) is 2.58. The Bertz CT molecular complexity index is 219. The summed E-state index contributed by atoms with van der Waals surface area (Å²) in [6, 6.07) is 3.67. The number of hydrogen-bond acceptors (Lipinski definition) is 4. The van der Waals surface area contributed by atoms with E-state index < -0.39 is 0 Å². The van der Waals surface area contributed by atoms with Crippen molar-refractivity contribution in [2.24, 2.45) is 5.73 Å². The van der Waals surface area contributed by atoms with Gasteiger partial charge in [0.25, 0.3) is 0 Å². The van der Waals surface area contributed by atoms with Crippen LogP contribution in [0.5, 0.6) is 0 Å². The van der Waals surface area contributed by atoms with Gasteiger partial charge in [-0.1, -0.05) is 0 Å². The minimum atomic E-state index is 0.680. The highest BCUT2D eigenvalue weighted by Crippen LogP contribution is 2.04. The van der Waals surface area contributed by atoms with Crippen LogP contribution in [-0.4, -0.2) is 18.1 Å². The van der Waals surface area contributed by atoms with Crippen molar-refractivity contribution in [1.82, 2.24) is 4.98 Å². The van der Waals surface area contributed by atoms with Crippen LogP contribution in [0.2, 0.25) is 0 Å². The molecule has 1 heterocycles. The first-order chi connectivity index (χ1) is 5.83. The van der Waals surface area contributed by atoms with E-state index in [-0.39, 0.29) is 0 Å². The largest absolute Gasteiger partial charge is 0.397 e. The number of nitrogens with two attached hydrogens (primary N) is 2. The van der Waals surface area contributed by atoms with Crippen LogP contribution >= 0.6 is 0 Å². The van der Waals surface area contributed by atoms with Crippen molar-refractivity contribution >= 4 is 11.5 Å². The molecule has 0 saturated carbocycles. The number of nitrogens with zero attached hydrogens (tertiary/aromatic N) is 1. The summed E-state index contributed by atoms with van der Waals surface area (Å²) in [5, 5.41) is 3.13. The lowest BCUT2D eigenvalue weighted by atomic mass is 10.4. The van der Waals surface area contributed by atoms with E-state index in [4.69, 9.17) is 11.5 Å². The molecule has 0 radical (unpaired) electrons. The number of nitrogens with one attached hydrogen (secondary N) is 1. The van der Waals surface area contributed by atoms with Crippen molar-refractivity contribution in [2.75, 3.05) is 24.1 Å². The van der Waals surface area contributed by atoms with Crippen molar-refractivity contribution in [3.63, 3.8) is 0 Å². The van der Waals surface area contributed by atoms with Crippen LogP contribution in [-0.2, 0) is 0 Å². The normalized spacial score (nSPS) is 9.75. The number of rotatable bonds is 4. The van der Waals surface area contributed by atoms with Crippen molar-refractivity contribution < 1.29 is 0 Å². The molecule has 4 heteroatoms. The van der Waals surface area contributed by atoms with Crippen molar-refractivity contribution in [3.05, 3.63) is 18.3 Å². The highest BCUT2D eigenvalue weighted by atomic mass is 15.0. The van der Waals surface area contributed by atoms with Crippen LogP contribution in [0.15, 0.2) is 18.3 Å². The van der Waals surface area contributed by atoms with Gasteiger partial charge in [-0.15, -0.1) is 0 Å². The molecule has 66 valence electrons. The molecule has 0 bridgehead atoms. The molecule has 1 aromatic rings. The molecule has 0 aliphatic heterocycles. The fourth-order valence-electron chi connectivity index (χ4n) is 0.828. The van der Waals surface area contributed by atoms with E-state index in [1.54, 1.807) is 6.20 Å². The van der Waals surface area contributed by atoms with Crippen LogP contribution < -0.4 is 16.8 Å². The van der Waals surface area contributed by atoms with Gasteiger partial charge in [0.05, 0.1) is 11.9 Å². The van der Waals surface area contributed by atoms with Gasteiger partial charge in [0.15, 0.2) is 0 Å². The van der Waals surface area contributed by atoms with Crippen LogP contribution in [0.1, 0.15) is 6.42 Å². The molecule has 12 heavy (non-hydrogen) atoms. The maximum Gasteiger partial charge on any atom is 0.126 e. The predicted molar refractivity (Wildman–Crippen MR) is 50.8 cm³/mol. The number of hydrogen-bond donors (Lipinski definition) is 3. The lowest BCUT2D eigenvalue weighted by Crippen LogP contribution is -2.09. The summed E-state index contributed by atoms with van der Waals surface area (Å²) >= 11 is 0. The van der Waals surface area contributed by atoms with E-state index in [2.05, 4.69) is 10.3 Å². The van der Waals surface area contributed by atoms with Crippen molar-refractivity contribution in [3.8, 4) is 0 Å². The first kappa shape index (κ1) is 8.80. The van der Waals surface area contributed by atoms with Gasteiger partial charge in [-0.25, -0.2) is 4.98 Å². The Labute approximate surface area is 72.0 Å². The maximum atomic E-state index is 5.47. The summed E-state index contributed by atoms with van der Waals surface area (Å²) in [5.74, 6) is 0.845. The second-order valence-corrected chi connectivity index (χ2v) is 2.55. The van der Waals surface area contributed by atoms with E-state index in [0.29, 0.717) is 12.2 Å². The molecule has 1 rings (SSSR count). The van der Waals surface area contributed by atoms with Crippen LogP contribution in [0.3, 0.4) is 0 Å². The highest BCUT2D eigenvalue weighted by molar-refractivity contribution is 5.43. The van der Waals surface area contributed by atoms with Gasteiger partial charge in [-0.2, -0.15) is 0 Å². The third kappa shape index (κ3) is 2.75. The zero-order chi connectivity index (χ0) is 8.81. The number of anilines is 2. The fraction of sp³-hybridized carbons (Fsp3) is 0.375. The minimum Gasteiger partial charge on any atom is -0.397 e. The predicted octanol–water partition coefficient (Wildman–Crippen LogP) is 0.424. The fourth-order valence-corrected chi connectivity index (χ4v) is 0.828. The van der Waals surface area contributed by atoms with Crippen molar-refractivity contribution in [1.29, 1.82) is 0 Å². The third-order valence-electron chi connectivity index (χ3n) is 1.47. The van der Waals surface area contributed by atoms with Crippen LogP contribution in [0.4, 0.5) is 11.5 Å². The second kappa shape index (κ2) is 4.56. The Hall–Kier alpha value is -1.29. The molecule has 0 fully saturated rings. The summed E-state index contributed by atoms with van der Waals surface area (Å²) in [5.41, 5.74) is 11.5. The summed E-state index contributed by atoms with van der Waals surface area (Å²) in [7, 11) is 0. The van der Waals surface area contributed by atoms with Crippen LogP contribution in [0.25, 0.3) is 0 Å². The Morgan fingerprint density at radius 3 is 2.83 bits per heavy atom. The van der Waals surface area contributed by atoms with Gasteiger partial charge in [0, 0.05) is 6.54 Å². The van der Waals surface area contributed by atoms with E-state index >= 15 is 0 Å². The molecule has 0 amide bonds. The average molecular weight is 166 g/mol. The number of nitrogen functional groups attached to an aromatic ring is 1. The minimum absolute atomic E-state index is 0.680. The zero-order valence-electron chi connectivity index (χ0n) is 6.96. The Kier molecular flexibility index (Phi) is 3.35. The van der Waals surface area contributed by atoms with E-state index in [1.807, 2.05) is 12.1 Å². The standard InChI is InChI=1S/C8H14N4/c9-4-1-5-11-8-3-2-7(10)6-12-8/h2-3,6H,1,4-5,9-10H2,(H,11,12). The molecule has 4 nitrogen and oxygen atoms in total. The van der Waals surface area contributed by atoms with Gasteiger partial charge in [0.2, 0.25) is 0 Å². The Morgan fingerprint density at radius 2 is 2.25 bits per heavy atom. The first-order valence-electron chi connectivity index (χ1n) is 3.98.